The summed E-state index contributed by atoms with van der Waals surface area (Å²) in [4.78, 5) is 4.74. The van der Waals surface area contributed by atoms with Crippen molar-refractivity contribution in [2.45, 2.75) is 51.6 Å². The molecule has 2 aliphatic heterocycles. The van der Waals surface area contributed by atoms with Crippen molar-refractivity contribution in [3.63, 3.8) is 0 Å². The van der Waals surface area contributed by atoms with Crippen molar-refractivity contribution in [2.75, 3.05) is 45.5 Å². The minimum Gasteiger partial charge on any atom is -0.465 e. The van der Waals surface area contributed by atoms with Gasteiger partial charge < -0.3 is 9.32 Å². The smallest absolute Gasteiger partial charge is 0.211 e. The lowest BCUT2D eigenvalue weighted by molar-refractivity contribution is 0.124. The molecule has 0 amide bonds. The quantitative estimate of drug-likeness (QED) is 0.723. The number of hydrogen-bond acceptors (Lipinski definition) is 5. The standard InChI is InChI=1S/C19H33N3O3S/c1-17-8-9-19(25-17)16-21-12-6-7-18(15-21)22(26(2,23)24)14-13-20-10-4-3-5-11-20/h8-9,18H,3-7,10-16H2,1-2H3. The number of likely N-dealkylation sites (tertiary alicyclic amines) is 2. The van der Waals surface area contributed by atoms with Gasteiger partial charge in [-0.2, -0.15) is 4.31 Å². The first kappa shape index (κ1) is 19.9. The molecule has 3 heterocycles. The van der Waals surface area contributed by atoms with Crippen molar-refractivity contribution in [1.29, 1.82) is 0 Å². The maximum atomic E-state index is 12.4. The van der Waals surface area contributed by atoms with Crippen LogP contribution in [-0.2, 0) is 16.6 Å². The van der Waals surface area contributed by atoms with Crippen LogP contribution in [0.25, 0.3) is 0 Å². The normalized spacial score (nSPS) is 23.6. The van der Waals surface area contributed by atoms with Gasteiger partial charge >= 0.3 is 0 Å². The first-order valence-electron chi connectivity index (χ1n) is 9.88. The van der Waals surface area contributed by atoms with Crippen LogP contribution in [0.15, 0.2) is 16.5 Å². The molecule has 26 heavy (non-hydrogen) atoms. The summed E-state index contributed by atoms with van der Waals surface area (Å²) in [5.74, 6) is 1.88. The van der Waals surface area contributed by atoms with Gasteiger partial charge in [-0.1, -0.05) is 6.42 Å². The maximum absolute atomic E-state index is 12.4. The Labute approximate surface area is 158 Å². The van der Waals surface area contributed by atoms with E-state index in [2.05, 4.69) is 9.80 Å². The van der Waals surface area contributed by atoms with E-state index in [0.29, 0.717) is 6.54 Å². The molecule has 148 valence electrons. The first-order chi connectivity index (χ1) is 12.4. The van der Waals surface area contributed by atoms with Gasteiger partial charge in [-0.25, -0.2) is 8.42 Å². The van der Waals surface area contributed by atoms with Crippen LogP contribution in [0.4, 0.5) is 0 Å². The van der Waals surface area contributed by atoms with Crippen LogP contribution in [0.2, 0.25) is 0 Å². The molecule has 7 heteroatoms. The van der Waals surface area contributed by atoms with Crippen molar-refractivity contribution >= 4 is 10.0 Å². The van der Waals surface area contributed by atoms with Crippen LogP contribution in [0, 0.1) is 6.92 Å². The summed E-state index contributed by atoms with van der Waals surface area (Å²) in [5, 5.41) is 0. The molecule has 1 unspecified atom stereocenters. The van der Waals surface area contributed by atoms with Crippen molar-refractivity contribution in [3.05, 3.63) is 23.7 Å². The van der Waals surface area contributed by atoms with Gasteiger partial charge in [0, 0.05) is 25.7 Å². The Morgan fingerprint density at radius 2 is 1.85 bits per heavy atom. The number of furan rings is 1. The van der Waals surface area contributed by atoms with Crippen LogP contribution in [-0.4, -0.2) is 74.1 Å². The molecule has 2 saturated heterocycles. The Balaban J connectivity index is 1.59. The maximum Gasteiger partial charge on any atom is 0.211 e. The zero-order valence-corrected chi connectivity index (χ0v) is 17.0. The minimum absolute atomic E-state index is 0.0691. The molecule has 1 aromatic rings. The summed E-state index contributed by atoms with van der Waals surface area (Å²) >= 11 is 0. The number of sulfonamides is 1. The number of piperidine rings is 2. The lowest BCUT2D eigenvalue weighted by Gasteiger charge is -2.39. The Morgan fingerprint density at radius 1 is 1.12 bits per heavy atom. The van der Waals surface area contributed by atoms with E-state index in [1.54, 1.807) is 4.31 Å². The Bertz CT molecular complexity index is 667. The van der Waals surface area contributed by atoms with Crippen LogP contribution in [0.3, 0.4) is 0 Å². The average Bonchev–Trinajstić information content (AvgIpc) is 3.00. The zero-order valence-electron chi connectivity index (χ0n) is 16.2. The first-order valence-corrected chi connectivity index (χ1v) is 11.7. The van der Waals surface area contributed by atoms with Crippen molar-refractivity contribution in [3.8, 4) is 0 Å². The molecule has 0 bridgehead atoms. The largest absolute Gasteiger partial charge is 0.465 e. The van der Waals surface area contributed by atoms with Crippen LogP contribution in [0.5, 0.6) is 0 Å². The van der Waals surface area contributed by atoms with E-state index in [0.717, 1.165) is 63.6 Å². The highest BCUT2D eigenvalue weighted by Crippen LogP contribution is 2.21. The molecule has 0 aliphatic carbocycles. The second kappa shape index (κ2) is 8.87. The Kier molecular flexibility index (Phi) is 6.77. The van der Waals surface area contributed by atoms with E-state index in [1.165, 1.54) is 25.5 Å². The van der Waals surface area contributed by atoms with E-state index in [-0.39, 0.29) is 6.04 Å². The second-order valence-corrected chi connectivity index (χ2v) is 9.75. The minimum atomic E-state index is -3.20. The molecule has 0 spiro atoms. The van der Waals surface area contributed by atoms with Gasteiger partial charge in [0.25, 0.3) is 0 Å². The van der Waals surface area contributed by atoms with E-state index < -0.39 is 10.0 Å². The van der Waals surface area contributed by atoms with E-state index >= 15 is 0 Å². The van der Waals surface area contributed by atoms with Gasteiger partial charge in [0.2, 0.25) is 10.0 Å². The van der Waals surface area contributed by atoms with Gasteiger partial charge in [-0.15, -0.1) is 0 Å². The summed E-state index contributed by atoms with van der Waals surface area (Å²) in [6, 6.07) is 4.07. The van der Waals surface area contributed by atoms with Crippen LogP contribution < -0.4 is 0 Å². The predicted octanol–water partition coefficient (Wildman–Crippen LogP) is 2.30. The van der Waals surface area contributed by atoms with Crippen molar-refractivity contribution in [2.24, 2.45) is 0 Å². The molecule has 0 saturated carbocycles. The fourth-order valence-electron chi connectivity index (χ4n) is 4.24. The van der Waals surface area contributed by atoms with Gasteiger partial charge in [0.15, 0.2) is 0 Å². The fraction of sp³-hybridized carbons (Fsp3) is 0.789. The summed E-state index contributed by atoms with van der Waals surface area (Å²) in [5.41, 5.74) is 0. The molecule has 1 aromatic heterocycles. The highest BCUT2D eigenvalue weighted by atomic mass is 32.2. The molecule has 0 aromatic carbocycles. The highest BCUT2D eigenvalue weighted by molar-refractivity contribution is 7.88. The molecule has 1 atom stereocenters. The third kappa shape index (κ3) is 5.55. The van der Waals surface area contributed by atoms with E-state index in [4.69, 9.17) is 4.42 Å². The number of hydrogen-bond donors (Lipinski definition) is 0. The van der Waals surface area contributed by atoms with Crippen LogP contribution >= 0.6 is 0 Å². The zero-order chi connectivity index (χ0) is 18.6. The van der Waals surface area contributed by atoms with Gasteiger partial charge in [0.05, 0.1) is 12.8 Å². The van der Waals surface area contributed by atoms with Gasteiger partial charge in [-0.05, 0) is 64.4 Å². The second-order valence-electron chi connectivity index (χ2n) is 7.82. The summed E-state index contributed by atoms with van der Waals surface area (Å²) in [6.07, 6.45) is 7.10. The molecular weight excluding hydrogens is 350 g/mol. The molecule has 3 rings (SSSR count). The average molecular weight is 384 g/mol. The van der Waals surface area contributed by atoms with E-state index in [9.17, 15) is 8.42 Å². The highest BCUT2D eigenvalue weighted by Gasteiger charge is 2.31. The topological polar surface area (TPSA) is 57.0 Å². The summed E-state index contributed by atoms with van der Waals surface area (Å²) in [7, 11) is -3.20. The summed E-state index contributed by atoms with van der Waals surface area (Å²) < 4.78 is 32.3. The number of aryl methyl sites for hydroxylation is 1. The fourth-order valence-corrected chi connectivity index (χ4v) is 5.37. The van der Waals surface area contributed by atoms with Gasteiger partial charge in [-0.3, -0.25) is 4.90 Å². The van der Waals surface area contributed by atoms with Crippen molar-refractivity contribution < 1.29 is 12.8 Å². The lowest BCUT2D eigenvalue weighted by Crippen LogP contribution is -2.51. The van der Waals surface area contributed by atoms with Crippen LogP contribution in [0.1, 0.15) is 43.6 Å². The molecule has 2 fully saturated rings. The van der Waals surface area contributed by atoms with Crippen molar-refractivity contribution in [1.82, 2.24) is 14.1 Å². The number of rotatable bonds is 7. The Morgan fingerprint density at radius 3 is 2.50 bits per heavy atom. The SMILES string of the molecule is Cc1ccc(CN2CCCC(N(CCN3CCCCC3)S(C)(=O)=O)C2)o1. The van der Waals surface area contributed by atoms with Gasteiger partial charge in [0.1, 0.15) is 11.5 Å². The molecule has 6 nitrogen and oxygen atoms in total. The predicted molar refractivity (Wildman–Crippen MR) is 104 cm³/mol. The monoisotopic (exact) mass is 383 g/mol. The Hall–Kier alpha value is -0.890. The lowest BCUT2D eigenvalue weighted by atomic mass is 10.1. The molecule has 2 aliphatic rings. The van der Waals surface area contributed by atoms with E-state index in [1.807, 2.05) is 19.1 Å². The molecular formula is C19H33N3O3S. The summed E-state index contributed by atoms with van der Waals surface area (Å²) in [6.45, 7) is 8.16. The molecule has 0 N–H and O–H groups in total. The third-order valence-electron chi connectivity index (χ3n) is 5.57. The number of nitrogens with zero attached hydrogens (tertiary/aromatic N) is 3. The molecule has 0 radical (unpaired) electrons. The third-order valence-corrected chi connectivity index (χ3v) is 6.91.